The molecule has 0 amide bonds. The molecule has 1 aromatic carbocycles. The summed E-state index contributed by atoms with van der Waals surface area (Å²) in [5, 5.41) is 18.6. The van der Waals surface area contributed by atoms with Gasteiger partial charge in [-0.25, -0.2) is 0 Å². The molecule has 5 heteroatoms. The van der Waals surface area contributed by atoms with Crippen molar-refractivity contribution in [3.63, 3.8) is 0 Å². The lowest BCUT2D eigenvalue weighted by molar-refractivity contribution is -0.384. The average Bonchev–Trinajstić information content (AvgIpc) is 2.18. The number of carboxylic acids is 1. The molecular formula is C10H7NO4. The molecule has 0 aromatic heterocycles. The van der Waals surface area contributed by atoms with Gasteiger partial charge in [-0.3, -0.25) is 14.9 Å². The number of aliphatic carboxylic acids is 1. The standard InChI is InChI=1S/C10H7NO4/c12-10(13)3-1-2-8-4-6-9(7-5-8)11(14)15/h4-7H,3H2,(H,12,13). The van der Waals surface area contributed by atoms with Crippen molar-refractivity contribution in [2.45, 2.75) is 6.42 Å². The molecule has 1 aromatic rings. The lowest BCUT2D eigenvalue weighted by atomic mass is 10.2. The summed E-state index contributed by atoms with van der Waals surface area (Å²) < 4.78 is 0. The Morgan fingerprint density at radius 3 is 2.47 bits per heavy atom. The van der Waals surface area contributed by atoms with E-state index in [0.717, 1.165) is 0 Å². The van der Waals surface area contributed by atoms with E-state index < -0.39 is 10.9 Å². The minimum absolute atomic E-state index is 0.0150. The molecule has 0 aliphatic rings. The molecule has 76 valence electrons. The number of rotatable bonds is 2. The Balaban J connectivity index is 2.75. The van der Waals surface area contributed by atoms with Crippen molar-refractivity contribution >= 4 is 11.7 Å². The molecule has 0 heterocycles. The molecule has 0 aliphatic carbocycles. The number of non-ortho nitro benzene ring substituents is 1. The quantitative estimate of drug-likeness (QED) is 0.449. The van der Waals surface area contributed by atoms with Gasteiger partial charge in [0.05, 0.1) is 4.92 Å². The van der Waals surface area contributed by atoms with E-state index in [1.165, 1.54) is 24.3 Å². The number of nitro groups is 1. The zero-order chi connectivity index (χ0) is 11.3. The Hall–Kier alpha value is -2.35. The highest BCUT2D eigenvalue weighted by Crippen LogP contribution is 2.10. The molecule has 0 saturated carbocycles. The van der Waals surface area contributed by atoms with Crippen molar-refractivity contribution in [2.24, 2.45) is 0 Å². The van der Waals surface area contributed by atoms with E-state index in [9.17, 15) is 14.9 Å². The first-order chi connectivity index (χ1) is 7.09. The van der Waals surface area contributed by atoms with Gasteiger partial charge in [-0.15, -0.1) is 0 Å². The largest absolute Gasteiger partial charge is 0.481 e. The number of nitro benzene ring substituents is 1. The summed E-state index contributed by atoms with van der Waals surface area (Å²) in [4.78, 5) is 19.9. The predicted octanol–water partition coefficient (Wildman–Crippen LogP) is 1.42. The number of nitrogens with zero attached hydrogens (tertiary/aromatic N) is 1. The smallest absolute Gasteiger partial charge is 0.315 e. The SMILES string of the molecule is O=C(O)CC#Cc1ccc([N+](=O)[O-])cc1. The third-order valence-electron chi connectivity index (χ3n) is 1.55. The molecule has 15 heavy (non-hydrogen) atoms. The van der Waals surface area contributed by atoms with Gasteiger partial charge >= 0.3 is 5.97 Å². The lowest BCUT2D eigenvalue weighted by Gasteiger charge is -1.90. The van der Waals surface area contributed by atoms with Gasteiger partial charge in [-0.1, -0.05) is 11.8 Å². The maximum atomic E-state index is 10.3. The highest BCUT2D eigenvalue weighted by Gasteiger charge is 2.02. The summed E-state index contributed by atoms with van der Waals surface area (Å²) in [5.74, 6) is 4.02. The van der Waals surface area contributed by atoms with Gasteiger partial charge < -0.3 is 5.11 Å². The van der Waals surface area contributed by atoms with E-state index in [1.807, 2.05) is 0 Å². The fourth-order valence-corrected chi connectivity index (χ4v) is 0.888. The summed E-state index contributed by atoms with van der Waals surface area (Å²) in [5.41, 5.74) is 0.542. The molecule has 0 saturated heterocycles. The number of carboxylic acid groups (broad SMARTS) is 1. The van der Waals surface area contributed by atoms with Crippen molar-refractivity contribution in [3.8, 4) is 11.8 Å². The summed E-state index contributed by atoms with van der Waals surface area (Å²) in [6.45, 7) is 0. The zero-order valence-corrected chi connectivity index (χ0v) is 7.64. The van der Waals surface area contributed by atoms with Crippen molar-refractivity contribution in [1.82, 2.24) is 0 Å². The van der Waals surface area contributed by atoms with Crippen molar-refractivity contribution in [2.75, 3.05) is 0 Å². The van der Waals surface area contributed by atoms with Crippen LogP contribution in [0.25, 0.3) is 0 Å². The minimum Gasteiger partial charge on any atom is -0.481 e. The van der Waals surface area contributed by atoms with E-state index in [4.69, 9.17) is 5.11 Å². The van der Waals surface area contributed by atoms with Gasteiger partial charge in [0.15, 0.2) is 0 Å². The molecule has 1 N–H and O–H groups in total. The Morgan fingerprint density at radius 1 is 1.40 bits per heavy atom. The normalized spacial score (nSPS) is 8.80. The maximum Gasteiger partial charge on any atom is 0.315 e. The third kappa shape index (κ3) is 3.48. The first-order valence-corrected chi connectivity index (χ1v) is 4.04. The van der Waals surface area contributed by atoms with Gasteiger partial charge in [-0.2, -0.15) is 0 Å². The van der Waals surface area contributed by atoms with Gasteiger partial charge in [0.1, 0.15) is 6.42 Å². The average molecular weight is 205 g/mol. The minimum atomic E-state index is -0.996. The summed E-state index contributed by atoms with van der Waals surface area (Å²) in [6, 6.07) is 5.61. The second-order valence-electron chi connectivity index (χ2n) is 2.68. The van der Waals surface area contributed by atoms with Crippen molar-refractivity contribution in [1.29, 1.82) is 0 Å². The number of hydrogen-bond donors (Lipinski definition) is 1. The van der Waals surface area contributed by atoms with Crippen LogP contribution in [0.15, 0.2) is 24.3 Å². The molecule has 0 fully saturated rings. The molecular weight excluding hydrogens is 198 g/mol. The summed E-state index contributed by atoms with van der Waals surface area (Å²) in [7, 11) is 0. The van der Waals surface area contributed by atoms with Crippen LogP contribution in [0.4, 0.5) is 5.69 Å². The Morgan fingerprint density at radius 2 is 2.00 bits per heavy atom. The number of carbonyl (C=O) groups is 1. The van der Waals surface area contributed by atoms with Crippen LogP contribution >= 0.6 is 0 Å². The van der Waals surface area contributed by atoms with Crippen LogP contribution in [0.5, 0.6) is 0 Å². The van der Waals surface area contributed by atoms with Crippen LogP contribution in [-0.4, -0.2) is 16.0 Å². The molecule has 0 unspecified atom stereocenters. The fraction of sp³-hybridized carbons (Fsp3) is 0.100. The molecule has 5 nitrogen and oxygen atoms in total. The van der Waals surface area contributed by atoms with Crippen LogP contribution in [0.1, 0.15) is 12.0 Å². The van der Waals surface area contributed by atoms with E-state index in [-0.39, 0.29) is 12.1 Å². The topological polar surface area (TPSA) is 80.4 Å². The lowest BCUT2D eigenvalue weighted by Crippen LogP contribution is -1.90. The van der Waals surface area contributed by atoms with Crippen molar-refractivity contribution in [3.05, 3.63) is 39.9 Å². The zero-order valence-electron chi connectivity index (χ0n) is 7.64. The van der Waals surface area contributed by atoms with Gasteiger partial charge in [0, 0.05) is 17.7 Å². The number of hydrogen-bond acceptors (Lipinski definition) is 3. The van der Waals surface area contributed by atoms with E-state index >= 15 is 0 Å². The molecule has 0 aliphatic heterocycles. The molecule has 0 spiro atoms. The predicted molar refractivity (Wildman–Crippen MR) is 52.2 cm³/mol. The molecule has 0 atom stereocenters. The summed E-state index contributed by atoms with van der Waals surface area (Å²) in [6.07, 6.45) is -0.239. The van der Waals surface area contributed by atoms with Gasteiger partial charge in [-0.05, 0) is 12.1 Å². The van der Waals surface area contributed by atoms with E-state index in [2.05, 4.69) is 11.8 Å². The second kappa shape index (κ2) is 4.77. The first kappa shape index (κ1) is 10.7. The van der Waals surface area contributed by atoms with Gasteiger partial charge in [0.25, 0.3) is 5.69 Å². The second-order valence-corrected chi connectivity index (χ2v) is 2.68. The van der Waals surface area contributed by atoms with Crippen LogP contribution in [0.3, 0.4) is 0 Å². The number of benzene rings is 1. The van der Waals surface area contributed by atoms with E-state index in [1.54, 1.807) is 0 Å². The Bertz CT molecular complexity index is 439. The highest BCUT2D eigenvalue weighted by atomic mass is 16.6. The van der Waals surface area contributed by atoms with Crippen LogP contribution < -0.4 is 0 Å². The molecule has 0 radical (unpaired) electrons. The molecule has 1 rings (SSSR count). The van der Waals surface area contributed by atoms with Crippen molar-refractivity contribution < 1.29 is 14.8 Å². The highest BCUT2D eigenvalue weighted by molar-refractivity contribution is 5.70. The monoisotopic (exact) mass is 205 g/mol. The maximum absolute atomic E-state index is 10.3. The first-order valence-electron chi connectivity index (χ1n) is 4.04. The van der Waals surface area contributed by atoms with Gasteiger partial charge in [0.2, 0.25) is 0 Å². The fourth-order valence-electron chi connectivity index (χ4n) is 0.888. The Labute approximate surface area is 85.5 Å². The molecule has 0 bridgehead atoms. The van der Waals surface area contributed by atoms with Crippen LogP contribution in [-0.2, 0) is 4.79 Å². The summed E-state index contributed by atoms with van der Waals surface area (Å²) >= 11 is 0. The van der Waals surface area contributed by atoms with Crippen LogP contribution in [0, 0.1) is 22.0 Å². The van der Waals surface area contributed by atoms with Crippen LogP contribution in [0.2, 0.25) is 0 Å². The Kier molecular flexibility index (Phi) is 3.41. The van der Waals surface area contributed by atoms with E-state index in [0.29, 0.717) is 5.56 Å². The third-order valence-corrected chi connectivity index (χ3v) is 1.55.